The van der Waals surface area contributed by atoms with Crippen molar-refractivity contribution in [1.82, 2.24) is 9.97 Å². The number of nitrogens with zero attached hydrogens (tertiary/aromatic N) is 3. The first-order chi connectivity index (χ1) is 9.08. The average molecular weight is 258 g/mol. The van der Waals surface area contributed by atoms with Crippen LogP contribution in [0.1, 0.15) is 5.82 Å². The predicted octanol–water partition coefficient (Wildman–Crippen LogP) is 2.69. The number of aryl methyl sites for hydroxylation is 1. The van der Waals surface area contributed by atoms with Crippen LogP contribution in [0.25, 0.3) is 0 Å². The molecule has 2 aromatic rings. The molecule has 100 valence electrons. The molecule has 1 aromatic heterocycles. The number of nitrogens with one attached hydrogen (secondary N) is 1. The van der Waals surface area contributed by atoms with Gasteiger partial charge in [-0.1, -0.05) is 6.07 Å². The molecule has 0 fully saturated rings. The molecule has 0 saturated carbocycles. The molecule has 0 unspecified atom stereocenters. The Morgan fingerprint density at radius 2 is 1.95 bits per heavy atom. The highest BCUT2D eigenvalue weighted by Gasteiger charge is 2.04. The second-order valence-electron chi connectivity index (χ2n) is 4.38. The minimum atomic E-state index is 0.535. The van der Waals surface area contributed by atoms with E-state index in [2.05, 4.69) is 15.3 Å². The molecule has 0 aliphatic heterocycles. The molecular formula is C14H18N4O. The Labute approximate surface area is 113 Å². The summed E-state index contributed by atoms with van der Waals surface area (Å²) in [6.45, 7) is 1.84. The molecule has 0 spiro atoms. The van der Waals surface area contributed by atoms with Crippen molar-refractivity contribution in [2.75, 3.05) is 31.4 Å². The van der Waals surface area contributed by atoms with Crippen molar-refractivity contribution in [2.24, 2.45) is 0 Å². The van der Waals surface area contributed by atoms with Gasteiger partial charge < -0.3 is 15.0 Å². The van der Waals surface area contributed by atoms with Crippen LogP contribution in [-0.2, 0) is 0 Å². The van der Waals surface area contributed by atoms with Crippen LogP contribution in [0, 0.1) is 6.92 Å². The van der Waals surface area contributed by atoms with Crippen LogP contribution >= 0.6 is 0 Å². The topological polar surface area (TPSA) is 50.3 Å². The van der Waals surface area contributed by atoms with E-state index >= 15 is 0 Å². The van der Waals surface area contributed by atoms with Gasteiger partial charge in [0.25, 0.3) is 0 Å². The number of rotatable bonds is 4. The van der Waals surface area contributed by atoms with Gasteiger partial charge in [0.15, 0.2) is 0 Å². The van der Waals surface area contributed by atoms with E-state index in [1.54, 1.807) is 6.07 Å². The molecule has 0 atom stereocenters. The first kappa shape index (κ1) is 13.1. The molecule has 0 radical (unpaired) electrons. The maximum Gasteiger partial charge on any atom is 0.224 e. The monoisotopic (exact) mass is 258 g/mol. The third-order valence-corrected chi connectivity index (χ3v) is 2.63. The third-order valence-electron chi connectivity index (χ3n) is 2.63. The second kappa shape index (κ2) is 5.56. The standard InChI is InChI=1S/C14H18N4O/c1-10-16-13(15-2)9-14(17-10)19-12-7-5-6-11(8-12)18(3)4/h5-9H,1-4H3,(H,15,16,17). The summed E-state index contributed by atoms with van der Waals surface area (Å²) < 4.78 is 5.77. The summed E-state index contributed by atoms with van der Waals surface area (Å²) in [5.41, 5.74) is 1.08. The van der Waals surface area contributed by atoms with Crippen LogP contribution in [0.3, 0.4) is 0 Å². The van der Waals surface area contributed by atoms with Gasteiger partial charge in [0.1, 0.15) is 17.4 Å². The van der Waals surface area contributed by atoms with Crippen molar-refractivity contribution in [2.45, 2.75) is 6.92 Å². The van der Waals surface area contributed by atoms with E-state index in [1.807, 2.05) is 57.2 Å². The van der Waals surface area contributed by atoms with Gasteiger partial charge in [0, 0.05) is 39.0 Å². The minimum absolute atomic E-state index is 0.535. The minimum Gasteiger partial charge on any atom is -0.439 e. The normalized spacial score (nSPS) is 10.1. The molecule has 19 heavy (non-hydrogen) atoms. The Kier molecular flexibility index (Phi) is 3.85. The summed E-state index contributed by atoms with van der Waals surface area (Å²) in [7, 11) is 5.80. The summed E-state index contributed by atoms with van der Waals surface area (Å²) >= 11 is 0. The Morgan fingerprint density at radius 1 is 1.16 bits per heavy atom. The molecule has 5 nitrogen and oxygen atoms in total. The summed E-state index contributed by atoms with van der Waals surface area (Å²) in [6, 6.07) is 9.63. The largest absolute Gasteiger partial charge is 0.439 e. The number of aromatic nitrogens is 2. The van der Waals surface area contributed by atoms with E-state index < -0.39 is 0 Å². The molecule has 0 aliphatic carbocycles. The lowest BCUT2D eigenvalue weighted by atomic mass is 10.3. The Morgan fingerprint density at radius 3 is 2.63 bits per heavy atom. The van der Waals surface area contributed by atoms with E-state index in [9.17, 15) is 0 Å². The molecule has 1 aromatic carbocycles. The Bertz CT molecular complexity index is 569. The van der Waals surface area contributed by atoms with E-state index in [4.69, 9.17) is 4.74 Å². The van der Waals surface area contributed by atoms with E-state index in [1.165, 1.54) is 0 Å². The third kappa shape index (κ3) is 3.34. The van der Waals surface area contributed by atoms with Gasteiger partial charge in [-0.25, -0.2) is 4.98 Å². The van der Waals surface area contributed by atoms with Gasteiger partial charge in [-0.3, -0.25) is 0 Å². The van der Waals surface area contributed by atoms with Gasteiger partial charge in [0.2, 0.25) is 5.88 Å². The van der Waals surface area contributed by atoms with Crippen molar-refractivity contribution < 1.29 is 4.74 Å². The first-order valence-electron chi connectivity index (χ1n) is 6.07. The average Bonchev–Trinajstić information content (AvgIpc) is 2.38. The summed E-state index contributed by atoms with van der Waals surface area (Å²) in [5.74, 6) is 2.70. The van der Waals surface area contributed by atoms with Crippen LogP contribution in [0.15, 0.2) is 30.3 Å². The molecule has 0 aliphatic rings. The van der Waals surface area contributed by atoms with Gasteiger partial charge in [-0.15, -0.1) is 0 Å². The maximum atomic E-state index is 5.77. The highest BCUT2D eigenvalue weighted by molar-refractivity contribution is 5.50. The van der Waals surface area contributed by atoms with E-state index in [-0.39, 0.29) is 0 Å². The van der Waals surface area contributed by atoms with Crippen molar-refractivity contribution in [3.63, 3.8) is 0 Å². The number of anilines is 2. The van der Waals surface area contributed by atoms with Crippen LogP contribution in [0.4, 0.5) is 11.5 Å². The van der Waals surface area contributed by atoms with Gasteiger partial charge >= 0.3 is 0 Å². The smallest absolute Gasteiger partial charge is 0.224 e. The molecule has 0 bridgehead atoms. The zero-order chi connectivity index (χ0) is 13.8. The molecule has 1 heterocycles. The van der Waals surface area contributed by atoms with Crippen LogP contribution in [0.5, 0.6) is 11.6 Å². The molecule has 1 N–H and O–H groups in total. The maximum absolute atomic E-state index is 5.77. The molecular weight excluding hydrogens is 240 g/mol. The zero-order valence-electron chi connectivity index (χ0n) is 11.6. The Hall–Kier alpha value is -2.30. The fourth-order valence-electron chi connectivity index (χ4n) is 1.67. The second-order valence-corrected chi connectivity index (χ2v) is 4.38. The van der Waals surface area contributed by atoms with E-state index in [0.717, 1.165) is 17.3 Å². The molecule has 2 rings (SSSR count). The summed E-state index contributed by atoms with van der Waals surface area (Å²) in [6.07, 6.45) is 0. The fraction of sp³-hybridized carbons (Fsp3) is 0.286. The molecule has 0 saturated heterocycles. The SMILES string of the molecule is CNc1cc(Oc2cccc(N(C)C)c2)nc(C)n1. The van der Waals surface area contributed by atoms with E-state index in [0.29, 0.717) is 11.7 Å². The molecule has 5 heteroatoms. The van der Waals surface area contributed by atoms with Gasteiger partial charge in [-0.2, -0.15) is 4.98 Å². The van der Waals surface area contributed by atoms with Crippen molar-refractivity contribution in [3.8, 4) is 11.6 Å². The summed E-state index contributed by atoms with van der Waals surface area (Å²) in [4.78, 5) is 10.5. The van der Waals surface area contributed by atoms with Crippen molar-refractivity contribution in [3.05, 3.63) is 36.2 Å². The van der Waals surface area contributed by atoms with Crippen LogP contribution in [0.2, 0.25) is 0 Å². The Balaban J connectivity index is 2.25. The lowest BCUT2D eigenvalue weighted by Crippen LogP contribution is -2.08. The van der Waals surface area contributed by atoms with Crippen molar-refractivity contribution in [1.29, 1.82) is 0 Å². The fourth-order valence-corrected chi connectivity index (χ4v) is 1.67. The zero-order valence-corrected chi connectivity index (χ0v) is 11.6. The number of ether oxygens (including phenoxy) is 1. The quantitative estimate of drug-likeness (QED) is 0.913. The number of benzene rings is 1. The highest BCUT2D eigenvalue weighted by atomic mass is 16.5. The van der Waals surface area contributed by atoms with Crippen LogP contribution in [-0.4, -0.2) is 31.1 Å². The summed E-state index contributed by atoms with van der Waals surface area (Å²) in [5, 5.41) is 2.98. The van der Waals surface area contributed by atoms with Gasteiger partial charge in [0.05, 0.1) is 0 Å². The lowest BCUT2D eigenvalue weighted by Gasteiger charge is -2.14. The highest BCUT2D eigenvalue weighted by Crippen LogP contribution is 2.25. The molecule has 0 amide bonds. The number of hydrogen-bond acceptors (Lipinski definition) is 5. The lowest BCUT2D eigenvalue weighted by molar-refractivity contribution is 0.460. The van der Waals surface area contributed by atoms with Crippen LogP contribution < -0.4 is 15.0 Å². The number of hydrogen-bond donors (Lipinski definition) is 1. The first-order valence-corrected chi connectivity index (χ1v) is 6.07. The van der Waals surface area contributed by atoms with Gasteiger partial charge in [-0.05, 0) is 19.1 Å². The van der Waals surface area contributed by atoms with Crippen molar-refractivity contribution >= 4 is 11.5 Å². The predicted molar refractivity (Wildman–Crippen MR) is 77.2 cm³/mol.